The standard InChI is InChI=1S/C12H20N4OS/c1-8-14-10(17-16-8)7-13-11-15-9(5-6-18-11)12(2,3)4/h9H,5-7H2,1-4H3,(H,13,15). The summed E-state index contributed by atoms with van der Waals surface area (Å²) in [5.74, 6) is 2.33. The third kappa shape index (κ3) is 3.48. The van der Waals surface area contributed by atoms with E-state index in [4.69, 9.17) is 4.52 Å². The van der Waals surface area contributed by atoms with E-state index in [0.29, 0.717) is 24.3 Å². The second kappa shape index (κ2) is 5.30. The van der Waals surface area contributed by atoms with Crippen LogP contribution in [0.15, 0.2) is 9.52 Å². The number of hydrogen-bond donors (Lipinski definition) is 1. The van der Waals surface area contributed by atoms with Crippen LogP contribution in [0, 0.1) is 12.3 Å². The minimum Gasteiger partial charge on any atom is -0.362 e. The van der Waals surface area contributed by atoms with Gasteiger partial charge in [-0.1, -0.05) is 37.7 Å². The molecule has 0 saturated carbocycles. The van der Waals surface area contributed by atoms with Crippen molar-refractivity contribution in [3.8, 4) is 0 Å². The Morgan fingerprint density at radius 1 is 1.50 bits per heavy atom. The first-order chi connectivity index (χ1) is 8.45. The van der Waals surface area contributed by atoms with Gasteiger partial charge in [-0.25, -0.2) is 0 Å². The van der Waals surface area contributed by atoms with Crippen LogP contribution in [-0.2, 0) is 6.54 Å². The second-order valence-electron chi connectivity index (χ2n) is 5.56. The molecule has 1 unspecified atom stereocenters. The van der Waals surface area contributed by atoms with E-state index in [1.165, 1.54) is 6.42 Å². The zero-order valence-corrected chi connectivity index (χ0v) is 12.2. The van der Waals surface area contributed by atoms with E-state index in [0.717, 1.165) is 10.9 Å². The first-order valence-electron chi connectivity index (χ1n) is 6.18. The lowest BCUT2D eigenvalue weighted by molar-refractivity contribution is 0.290. The van der Waals surface area contributed by atoms with Crippen LogP contribution in [-0.4, -0.2) is 27.1 Å². The fraction of sp³-hybridized carbons (Fsp3) is 0.750. The van der Waals surface area contributed by atoms with Crippen LogP contribution in [0.1, 0.15) is 38.9 Å². The molecule has 2 rings (SSSR count). The molecule has 0 bridgehead atoms. The molecule has 100 valence electrons. The molecule has 0 aliphatic carbocycles. The number of rotatable bonds is 2. The topological polar surface area (TPSA) is 63.3 Å². The number of hydrogen-bond acceptors (Lipinski definition) is 5. The van der Waals surface area contributed by atoms with Crippen LogP contribution in [0.3, 0.4) is 0 Å². The molecule has 1 aliphatic heterocycles. The lowest BCUT2D eigenvalue weighted by Crippen LogP contribution is -2.46. The van der Waals surface area contributed by atoms with Crippen molar-refractivity contribution in [2.75, 3.05) is 5.75 Å². The number of aryl methyl sites for hydroxylation is 1. The quantitative estimate of drug-likeness (QED) is 0.892. The van der Waals surface area contributed by atoms with Crippen molar-refractivity contribution in [1.82, 2.24) is 15.5 Å². The molecule has 1 atom stereocenters. The van der Waals surface area contributed by atoms with E-state index in [1.807, 2.05) is 6.92 Å². The summed E-state index contributed by atoms with van der Waals surface area (Å²) in [5.41, 5.74) is 0.253. The first kappa shape index (κ1) is 13.4. The van der Waals surface area contributed by atoms with E-state index in [9.17, 15) is 0 Å². The van der Waals surface area contributed by atoms with Gasteiger partial charge in [-0.3, -0.25) is 4.99 Å². The Balaban J connectivity index is 1.96. The van der Waals surface area contributed by atoms with Gasteiger partial charge in [-0.2, -0.15) is 4.98 Å². The van der Waals surface area contributed by atoms with E-state index in [-0.39, 0.29) is 5.41 Å². The normalized spacial score (nSPS) is 23.1. The second-order valence-corrected chi connectivity index (χ2v) is 6.64. The van der Waals surface area contributed by atoms with Gasteiger partial charge in [0, 0.05) is 11.8 Å². The smallest absolute Gasteiger partial charge is 0.248 e. The van der Waals surface area contributed by atoms with Gasteiger partial charge in [0.25, 0.3) is 0 Å². The van der Waals surface area contributed by atoms with Gasteiger partial charge in [0.05, 0.1) is 0 Å². The third-order valence-electron chi connectivity index (χ3n) is 2.92. The Morgan fingerprint density at radius 3 is 2.89 bits per heavy atom. The van der Waals surface area contributed by atoms with Gasteiger partial charge >= 0.3 is 0 Å². The molecule has 18 heavy (non-hydrogen) atoms. The number of amidine groups is 1. The highest BCUT2D eigenvalue weighted by molar-refractivity contribution is 8.13. The summed E-state index contributed by atoms with van der Waals surface area (Å²) in [7, 11) is 0. The SMILES string of the molecule is Cc1noc(CN=C2NC(C(C)(C)C)CCS2)n1. The number of aliphatic imine (C=N–C) groups is 1. The maximum atomic E-state index is 5.04. The highest BCUT2D eigenvalue weighted by Crippen LogP contribution is 2.27. The zero-order valence-electron chi connectivity index (χ0n) is 11.4. The molecule has 6 heteroatoms. The summed E-state index contributed by atoms with van der Waals surface area (Å²) in [6, 6.07) is 0.474. The molecule has 0 amide bonds. The van der Waals surface area contributed by atoms with Crippen molar-refractivity contribution in [1.29, 1.82) is 0 Å². The molecule has 0 radical (unpaired) electrons. The summed E-state index contributed by atoms with van der Waals surface area (Å²) in [6.07, 6.45) is 1.17. The fourth-order valence-electron chi connectivity index (χ4n) is 1.82. The van der Waals surface area contributed by atoms with Crippen LogP contribution in [0.25, 0.3) is 0 Å². The number of thioether (sulfide) groups is 1. The molecule has 1 N–H and O–H groups in total. The number of nitrogens with zero attached hydrogens (tertiary/aromatic N) is 3. The van der Waals surface area contributed by atoms with Crippen molar-refractivity contribution in [2.24, 2.45) is 10.4 Å². The highest BCUT2D eigenvalue weighted by Gasteiger charge is 2.28. The number of nitrogens with one attached hydrogen (secondary N) is 1. The van der Waals surface area contributed by atoms with E-state index < -0.39 is 0 Å². The van der Waals surface area contributed by atoms with Crippen LogP contribution in [0.2, 0.25) is 0 Å². The summed E-state index contributed by atoms with van der Waals surface area (Å²) >= 11 is 1.76. The van der Waals surface area contributed by atoms with Gasteiger partial charge < -0.3 is 9.84 Å². The molecule has 1 fully saturated rings. The molecule has 1 saturated heterocycles. The summed E-state index contributed by atoms with van der Waals surface area (Å²) in [4.78, 5) is 8.64. The van der Waals surface area contributed by atoms with Gasteiger partial charge in [0.1, 0.15) is 6.54 Å². The van der Waals surface area contributed by atoms with Crippen LogP contribution in [0.4, 0.5) is 0 Å². The Hall–Kier alpha value is -1.04. The van der Waals surface area contributed by atoms with Gasteiger partial charge in [0.15, 0.2) is 11.0 Å². The molecule has 0 aromatic carbocycles. The van der Waals surface area contributed by atoms with Crippen molar-refractivity contribution >= 4 is 16.9 Å². The van der Waals surface area contributed by atoms with Crippen LogP contribution in [0.5, 0.6) is 0 Å². The van der Waals surface area contributed by atoms with E-state index in [1.54, 1.807) is 11.8 Å². The van der Waals surface area contributed by atoms with Crippen molar-refractivity contribution in [3.05, 3.63) is 11.7 Å². The monoisotopic (exact) mass is 268 g/mol. The molecule has 0 spiro atoms. The fourth-order valence-corrected chi connectivity index (χ4v) is 2.75. The molecule has 5 nitrogen and oxygen atoms in total. The molecular formula is C12H20N4OS. The summed E-state index contributed by atoms with van der Waals surface area (Å²) < 4.78 is 5.04. The van der Waals surface area contributed by atoms with Gasteiger partial charge in [0.2, 0.25) is 5.89 Å². The largest absolute Gasteiger partial charge is 0.362 e. The van der Waals surface area contributed by atoms with Gasteiger partial charge in [-0.05, 0) is 18.8 Å². The molecule has 2 heterocycles. The van der Waals surface area contributed by atoms with Crippen molar-refractivity contribution in [2.45, 2.75) is 46.7 Å². The minimum absolute atomic E-state index is 0.253. The Bertz CT molecular complexity index is 436. The predicted molar refractivity (Wildman–Crippen MR) is 73.6 cm³/mol. The Kier molecular flexibility index (Phi) is 3.94. The van der Waals surface area contributed by atoms with E-state index >= 15 is 0 Å². The maximum absolute atomic E-state index is 5.04. The van der Waals surface area contributed by atoms with Gasteiger partial charge in [-0.15, -0.1) is 0 Å². The molecule has 1 aromatic rings. The Labute approximate surface area is 112 Å². The average Bonchev–Trinajstić information content (AvgIpc) is 2.72. The summed E-state index contributed by atoms with van der Waals surface area (Å²) in [5, 5.41) is 8.23. The van der Waals surface area contributed by atoms with Crippen LogP contribution >= 0.6 is 11.8 Å². The lowest BCUT2D eigenvalue weighted by Gasteiger charge is -2.35. The zero-order chi connectivity index (χ0) is 13.2. The number of aromatic nitrogens is 2. The lowest BCUT2D eigenvalue weighted by atomic mass is 9.85. The van der Waals surface area contributed by atoms with Crippen LogP contribution < -0.4 is 5.32 Å². The molecular weight excluding hydrogens is 248 g/mol. The summed E-state index contributed by atoms with van der Waals surface area (Å²) in [6.45, 7) is 9.01. The Morgan fingerprint density at radius 2 is 2.28 bits per heavy atom. The van der Waals surface area contributed by atoms with E-state index in [2.05, 4.69) is 41.2 Å². The average molecular weight is 268 g/mol. The predicted octanol–water partition coefficient (Wildman–Crippen LogP) is 2.38. The minimum atomic E-state index is 0.253. The van der Waals surface area contributed by atoms with Crippen molar-refractivity contribution < 1.29 is 4.52 Å². The molecule has 1 aliphatic rings. The van der Waals surface area contributed by atoms with Crippen molar-refractivity contribution in [3.63, 3.8) is 0 Å². The maximum Gasteiger partial charge on any atom is 0.248 e. The third-order valence-corrected chi connectivity index (χ3v) is 3.88. The molecule has 1 aromatic heterocycles. The first-order valence-corrected chi connectivity index (χ1v) is 7.16. The highest BCUT2D eigenvalue weighted by atomic mass is 32.2.